The van der Waals surface area contributed by atoms with Crippen molar-refractivity contribution in [1.82, 2.24) is 0 Å². The van der Waals surface area contributed by atoms with Crippen molar-refractivity contribution in [3.63, 3.8) is 0 Å². The normalized spacial score (nSPS) is 32.1. The van der Waals surface area contributed by atoms with Crippen LogP contribution in [0.3, 0.4) is 0 Å². The molecule has 2 aliphatic carbocycles. The molecule has 1 aliphatic heterocycles. The molecule has 0 aromatic carbocycles. The molecule has 1 saturated heterocycles. The maximum atomic E-state index is 13.5. The van der Waals surface area contributed by atoms with Crippen LogP contribution in [0, 0.1) is 0 Å². The number of fused-ring (bicyclic) bond motifs is 1. The molecule has 3 fully saturated rings. The second-order valence-electron chi connectivity index (χ2n) is 10.2. The van der Waals surface area contributed by atoms with Crippen molar-refractivity contribution >= 4 is 10.1 Å². The Labute approximate surface area is 218 Å². The Morgan fingerprint density at radius 2 is 1.16 bits per heavy atom. The van der Waals surface area contributed by atoms with E-state index in [9.17, 15) is 21.6 Å². The van der Waals surface area contributed by atoms with Gasteiger partial charge >= 0.3 is 15.6 Å². The van der Waals surface area contributed by atoms with Crippen molar-refractivity contribution in [3.8, 4) is 0 Å². The molecule has 0 aromatic heterocycles. The van der Waals surface area contributed by atoms with E-state index in [2.05, 4.69) is 0 Å². The average Bonchev–Trinajstić information content (AvgIpc) is 3.20. The summed E-state index contributed by atoms with van der Waals surface area (Å²) in [5.74, 6) is -0.905. The molecule has 218 valence electrons. The van der Waals surface area contributed by atoms with E-state index in [0.717, 1.165) is 38.5 Å². The zero-order valence-electron chi connectivity index (χ0n) is 22.2. The molecule has 1 spiro atoms. The van der Waals surface area contributed by atoms with E-state index >= 15 is 0 Å². The van der Waals surface area contributed by atoms with E-state index in [1.54, 1.807) is 0 Å². The maximum absolute atomic E-state index is 13.5. The molecule has 0 bridgehead atoms. The zero-order chi connectivity index (χ0) is 27.1. The quantitative estimate of drug-likeness (QED) is 0.162. The highest BCUT2D eigenvalue weighted by Crippen LogP contribution is 2.48. The van der Waals surface area contributed by atoms with Gasteiger partial charge < -0.3 is 23.7 Å². The molecule has 0 N–H and O–H groups in total. The molecule has 0 aromatic rings. The number of alkyl halides is 3. The molecular weight excluding hydrogens is 517 g/mol. The number of rotatable bonds is 14. The second kappa shape index (κ2) is 13.7. The van der Waals surface area contributed by atoms with E-state index in [1.807, 2.05) is 20.8 Å². The molecule has 1 heterocycles. The van der Waals surface area contributed by atoms with Crippen molar-refractivity contribution in [2.45, 2.75) is 139 Å². The molecule has 2 saturated carbocycles. The third-order valence-corrected chi connectivity index (χ3v) is 8.25. The Balaban J connectivity index is 2.02. The summed E-state index contributed by atoms with van der Waals surface area (Å²) in [6, 6.07) is 0. The van der Waals surface area contributed by atoms with Gasteiger partial charge in [0.1, 0.15) is 36.6 Å². The lowest BCUT2D eigenvalue weighted by atomic mass is 9.84. The largest absolute Gasteiger partial charge is 0.523 e. The minimum atomic E-state index is -5.95. The standard InChI is InChI=1S/C25H43F3O8S/c1-4-7-15-31-18-19(32-16-8-5-2)23(36-37(29,30)25(26,27)28)20(33-17-9-6-3)22-21(18)34-24(35-22)13-11-10-12-14-24/h18-23H,4-17H2,1-3H3/t18?,19?,20?,21-,22?,23+/m1/s1. The third kappa shape index (κ3) is 7.58. The van der Waals surface area contributed by atoms with E-state index in [1.165, 1.54) is 0 Å². The summed E-state index contributed by atoms with van der Waals surface area (Å²) in [7, 11) is -5.95. The van der Waals surface area contributed by atoms with E-state index in [4.69, 9.17) is 27.9 Å². The van der Waals surface area contributed by atoms with Crippen LogP contribution in [0.5, 0.6) is 0 Å². The summed E-state index contributed by atoms with van der Waals surface area (Å²) in [6.45, 7) is 6.62. The predicted octanol–water partition coefficient (Wildman–Crippen LogP) is 5.24. The van der Waals surface area contributed by atoms with E-state index < -0.39 is 58.0 Å². The zero-order valence-corrected chi connectivity index (χ0v) is 23.0. The summed E-state index contributed by atoms with van der Waals surface area (Å²) >= 11 is 0. The van der Waals surface area contributed by atoms with Gasteiger partial charge in [-0.05, 0) is 32.1 Å². The van der Waals surface area contributed by atoms with Crippen LogP contribution in [0.2, 0.25) is 0 Å². The summed E-state index contributed by atoms with van der Waals surface area (Å²) in [4.78, 5) is 0. The molecule has 6 atom stereocenters. The summed E-state index contributed by atoms with van der Waals surface area (Å²) in [6.07, 6.45) is 2.13. The molecule has 12 heteroatoms. The van der Waals surface area contributed by atoms with Gasteiger partial charge in [-0.1, -0.05) is 46.5 Å². The monoisotopic (exact) mass is 560 g/mol. The van der Waals surface area contributed by atoms with Crippen molar-refractivity contribution in [2.75, 3.05) is 19.8 Å². The summed E-state index contributed by atoms with van der Waals surface area (Å²) in [5, 5.41) is 0. The van der Waals surface area contributed by atoms with Gasteiger partial charge in [0.2, 0.25) is 0 Å². The fraction of sp³-hybridized carbons (Fsp3) is 1.00. The van der Waals surface area contributed by atoms with Gasteiger partial charge in [-0.25, -0.2) is 0 Å². The van der Waals surface area contributed by atoms with Crippen LogP contribution in [0.25, 0.3) is 0 Å². The van der Waals surface area contributed by atoms with E-state index in [0.29, 0.717) is 38.7 Å². The lowest BCUT2D eigenvalue weighted by Gasteiger charge is -2.46. The van der Waals surface area contributed by atoms with Crippen LogP contribution in [-0.4, -0.2) is 76.2 Å². The number of ether oxygens (including phenoxy) is 5. The lowest BCUT2D eigenvalue weighted by molar-refractivity contribution is -0.227. The predicted molar refractivity (Wildman–Crippen MR) is 129 cm³/mol. The van der Waals surface area contributed by atoms with Gasteiger partial charge in [-0.3, -0.25) is 4.18 Å². The SMILES string of the molecule is CCCCOC1C(OCCCC)[C@H](OS(=O)(=O)C(F)(F)F)C(OCCCC)C2OC3(CCCCC3)O[C@H]12. The molecule has 4 unspecified atom stereocenters. The van der Waals surface area contributed by atoms with Gasteiger partial charge in [0.25, 0.3) is 0 Å². The second-order valence-corrected chi connectivity index (χ2v) is 11.7. The number of hydrogen-bond acceptors (Lipinski definition) is 8. The minimum absolute atomic E-state index is 0.200. The Bertz CT molecular complexity index is 787. The van der Waals surface area contributed by atoms with Crippen LogP contribution < -0.4 is 0 Å². The highest BCUT2D eigenvalue weighted by molar-refractivity contribution is 7.87. The smallest absolute Gasteiger partial charge is 0.373 e. The first-order valence-corrected chi connectivity index (χ1v) is 15.2. The highest BCUT2D eigenvalue weighted by atomic mass is 32.2. The average molecular weight is 561 g/mol. The van der Waals surface area contributed by atoms with Crippen molar-refractivity contribution < 1.29 is 49.5 Å². The van der Waals surface area contributed by atoms with Crippen LogP contribution in [-0.2, 0) is 38.0 Å². The first-order chi connectivity index (χ1) is 17.6. The fourth-order valence-corrected chi connectivity index (χ4v) is 5.83. The van der Waals surface area contributed by atoms with Gasteiger partial charge in [0, 0.05) is 32.7 Å². The summed E-state index contributed by atoms with van der Waals surface area (Å²) in [5.41, 5.74) is -5.60. The highest BCUT2D eigenvalue weighted by Gasteiger charge is 2.64. The maximum Gasteiger partial charge on any atom is 0.523 e. The molecular formula is C25H43F3O8S. The number of unbranched alkanes of at least 4 members (excludes halogenated alkanes) is 3. The third-order valence-electron chi connectivity index (χ3n) is 7.21. The molecule has 3 aliphatic rings. The number of halogens is 3. The molecule has 0 amide bonds. The van der Waals surface area contributed by atoms with Crippen molar-refractivity contribution in [2.24, 2.45) is 0 Å². The first kappa shape index (κ1) is 31.0. The topological polar surface area (TPSA) is 89.5 Å². The van der Waals surface area contributed by atoms with E-state index in [-0.39, 0.29) is 13.2 Å². The molecule has 3 rings (SSSR count). The minimum Gasteiger partial charge on any atom is -0.373 e. The van der Waals surface area contributed by atoms with Crippen molar-refractivity contribution in [1.29, 1.82) is 0 Å². The molecule has 8 nitrogen and oxygen atoms in total. The van der Waals surface area contributed by atoms with Crippen molar-refractivity contribution in [3.05, 3.63) is 0 Å². The van der Waals surface area contributed by atoms with Crippen LogP contribution in [0.15, 0.2) is 0 Å². The van der Waals surface area contributed by atoms with Crippen LogP contribution in [0.4, 0.5) is 13.2 Å². The van der Waals surface area contributed by atoms with Gasteiger partial charge in [0.15, 0.2) is 5.79 Å². The van der Waals surface area contributed by atoms with Gasteiger partial charge in [-0.15, -0.1) is 0 Å². The van der Waals surface area contributed by atoms with Gasteiger partial charge in [0.05, 0.1) is 0 Å². The Morgan fingerprint density at radius 1 is 0.730 bits per heavy atom. The van der Waals surface area contributed by atoms with Crippen LogP contribution >= 0.6 is 0 Å². The molecule has 0 radical (unpaired) electrons. The van der Waals surface area contributed by atoms with Crippen LogP contribution in [0.1, 0.15) is 91.4 Å². The first-order valence-electron chi connectivity index (χ1n) is 13.8. The lowest BCUT2D eigenvalue weighted by Crippen LogP contribution is -2.66. The Hall–Kier alpha value is -0.500. The fourth-order valence-electron chi connectivity index (χ4n) is 5.21. The molecule has 37 heavy (non-hydrogen) atoms. The van der Waals surface area contributed by atoms with Gasteiger partial charge in [-0.2, -0.15) is 21.6 Å². The number of hydrogen-bond donors (Lipinski definition) is 0. The summed E-state index contributed by atoms with van der Waals surface area (Å²) < 4.78 is 101. The Morgan fingerprint density at radius 3 is 1.59 bits per heavy atom. The Kier molecular flexibility index (Phi) is 11.5.